The SMILES string of the molecule is C[C](CBr)c1cc(C)cc(Br)c1. The second kappa shape index (κ2) is 4.43. The summed E-state index contributed by atoms with van der Waals surface area (Å²) in [6.45, 7) is 4.24. The Labute approximate surface area is 90.6 Å². The third kappa shape index (κ3) is 2.60. The third-order valence-electron chi connectivity index (χ3n) is 1.74. The number of alkyl halides is 1. The zero-order valence-corrected chi connectivity index (χ0v) is 10.4. The van der Waals surface area contributed by atoms with Crippen molar-refractivity contribution in [3.05, 3.63) is 39.7 Å². The molecule has 0 saturated carbocycles. The number of hydrogen-bond acceptors (Lipinski definition) is 0. The van der Waals surface area contributed by atoms with Gasteiger partial charge >= 0.3 is 0 Å². The Morgan fingerprint density at radius 1 is 1.33 bits per heavy atom. The van der Waals surface area contributed by atoms with Gasteiger partial charge in [0.2, 0.25) is 0 Å². The van der Waals surface area contributed by atoms with Crippen molar-refractivity contribution < 1.29 is 0 Å². The topological polar surface area (TPSA) is 0 Å². The molecule has 0 aliphatic carbocycles. The highest BCUT2D eigenvalue weighted by Crippen LogP contribution is 2.22. The lowest BCUT2D eigenvalue weighted by molar-refractivity contribution is 1.16. The lowest BCUT2D eigenvalue weighted by Crippen LogP contribution is -1.95. The normalized spacial score (nSPS) is 10.8. The summed E-state index contributed by atoms with van der Waals surface area (Å²) in [5.41, 5.74) is 2.60. The fourth-order valence-electron chi connectivity index (χ4n) is 1.06. The third-order valence-corrected chi connectivity index (χ3v) is 3.03. The Morgan fingerprint density at radius 3 is 2.50 bits per heavy atom. The molecule has 0 aliphatic heterocycles. The number of aryl methyl sites for hydroxylation is 1. The molecule has 0 aromatic heterocycles. The van der Waals surface area contributed by atoms with Crippen LogP contribution in [0.1, 0.15) is 18.1 Å². The Kier molecular flexibility index (Phi) is 3.78. The minimum atomic E-state index is 0.933. The summed E-state index contributed by atoms with van der Waals surface area (Å²) in [4.78, 5) is 0. The summed E-state index contributed by atoms with van der Waals surface area (Å²) >= 11 is 6.93. The second-order valence-corrected chi connectivity index (χ2v) is 4.41. The van der Waals surface area contributed by atoms with Gasteiger partial charge in [-0.2, -0.15) is 0 Å². The lowest BCUT2D eigenvalue weighted by atomic mass is 10.0. The van der Waals surface area contributed by atoms with Crippen molar-refractivity contribution in [1.82, 2.24) is 0 Å². The van der Waals surface area contributed by atoms with Crippen molar-refractivity contribution >= 4 is 31.9 Å². The van der Waals surface area contributed by atoms with Crippen LogP contribution in [-0.4, -0.2) is 5.33 Å². The summed E-state index contributed by atoms with van der Waals surface area (Å²) in [5.74, 6) is 1.36. The predicted molar refractivity (Wildman–Crippen MR) is 60.7 cm³/mol. The van der Waals surface area contributed by atoms with Gasteiger partial charge in [-0.1, -0.05) is 44.8 Å². The van der Waals surface area contributed by atoms with Gasteiger partial charge in [0.25, 0.3) is 0 Å². The molecule has 12 heavy (non-hydrogen) atoms. The van der Waals surface area contributed by atoms with Crippen molar-refractivity contribution in [1.29, 1.82) is 0 Å². The van der Waals surface area contributed by atoms with Crippen molar-refractivity contribution in [3.8, 4) is 0 Å². The van der Waals surface area contributed by atoms with E-state index in [0.717, 1.165) is 9.80 Å². The van der Waals surface area contributed by atoms with E-state index in [2.05, 4.69) is 63.9 Å². The quantitative estimate of drug-likeness (QED) is 0.720. The van der Waals surface area contributed by atoms with E-state index < -0.39 is 0 Å². The van der Waals surface area contributed by atoms with Gasteiger partial charge < -0.3 is 0 Å². The Morgan fingerprint density at radius 2 is 2.00 bits per heavy atom. The first-order valence-corrected chi connectivity index (χ1v) is 5.71. The summed E-state index contributed by atoms with van der Waals surface area (Å²) < 4.78 is 1.15. The van der Waals surface area contributed by atoms with Crippen molar-refractivity contribution in [2.24, 2.45) is 0 Å². The molecule has 0 fully saturated rings. The minimum absolute atomic E-state index is 0.933. The van der Waals surface area contributed by atoms with Crippen molar-refractivity contribution in [2.75, 3.05) is 5.33 Å². The average Bonchev–Trinajstić information content (AvgIpc) is 2.01. The molecule has 1 radical (unpaired) electrons. The Balaban J connectivity index is 3.00. The number of rotatable bonds is 2. The van der Waals surface area contributed by atoms with Crippen LogP contribution in [0.4, 0.5) is 0 Å². The molecule has 1 rings (SSSR count). The molecule has 1 aromatic rings. The first kappa shape index (κ1) is 10.3. The monoisotopic (exact) mass is 289 g/mol. The van der Waals surface area contributed by atoms with E-state index in [1.54, 1.807) is 0 Å². The smallest absolute Gasteiger partial charge is 0.0180 e. The van der Waals surface area contributed by atoms with E-state index >= 15 is 0 Å². The zero-order chi connectivity index (χ0) is 9.14. The maximum atomic E-state index is 3.48. The van der Waals surface area contributed by atoms with E-state index in [0.29, 0.717) is 0 Å². The number of halogens is 2. The predicted octanol–water partition coefficient (Wildman–Crippen LogP) is 4.09. The second-order valence-electron chi connectivity index (χ2n) is 2.93. The van der Waals surface area contributed by atoms with E-state index in [9.17, 15) is 0 Å². The highest BCUT2D eigenvalue weighted by molar-refractivity contribution is 9.10. The van der Waals surface area contributed by atoms with Gasteiger partial charge in [0.1, 0.15) is 0 Å². The van der Waals surface area contributed by atoms with Crippen LogP contribution in [0.15, 0.2) is 22.7 Å². The molecule has 0 bridgehead atoms. The van der Waals surface area contributed by atoms with Crippen molar-refractivity contribution in [2.45, 2.75) is 13.8 Å². The molecule has 0 saturated heterocycles. The fourth-order valence-corrected chi connectivity index (χ4v) is 1.99. The van der Waals surface area contributed by atoms with Crippen LogP contribution >= 0.6 is 31.9 Å². The molecule has 65 valence electrons. The van der Waals surface area contributed by atoms with Gasteiger partial charge in [0, 0.05) is 15.7 Å². The summed E-state index contributed by atoms with van der Waals surface area (Å²) in [7, 11) is 0. The van der Waals surface area contributed by atoms with Gasteiger partial charge in [-0.15, -0.1) is 0 Å². The zero-order valence-electron chi connectivity index (χ0n) is 7.20. The van der Waals surface area contributed by atoms with Gasteiger partial charge in [-0.3, -0.25) is 0 Å². The van der Waals surface area contributed by atoms with E-state index in [1.807, 2.05) is 0 Å². The van der Waals surface area contributed by atoms with Crippen molar-refractivity contribution in [3.63, 3.8) is 0 Å². The maximum Gasteiger partial charge on any atom is 0.0180 e. The molecular weight excluding hydrogens is 280 g/mol. The largest absolute Gasteiger partial charge is 0.0918 e. The number of benzene rings is 1. The molecular formula is C10H11Br2. The molecule has 0 aliphatic rings. The molecule has 0 heterocycles. The minimum Gasteiger partial charge on any atom is -0.0918 e. The summed E-state index contributed by atoms with van der Waals surface area (Å²) in [5, 5.41) is 0.933. The molecule has 0 N–H and O–H groups in total. The van der Waals surface area contributed by atoms with E-state index in [4.69, 9.17) is 0 Å². The molecule has 2 heteroatoms. The lowest BCUT2D eigenvalue weighted by Gasteiger charge is -2.08. The first-order valence-electron chi connectivity index (χ1n) is 3.79. The fraction of sp³-hybridized carbons (Fsp3) is 0.300. The molecule has 0 amide bonds. The van der Waals surface area contributed by atoms with E-state index in [-0.39, 0.29) is 0 Å². The average molecular weight is 291 g/mol. The Hall–Kier alpha value is 0.180. The van der Waals surface area contributed by atoms with Crippen LogP contribution in [0.25, 0.3) is 0 Å². The van der Waals surface area contributed by atoms with Gasteiger partial charge in [0.15, 0.2) is 0 Å². The van der Waals surface area contributed by atoms with Crippen LogP contribution in [0.2, 0.25) is 0 Å². The molecule has 0 nitrogen and oxygen atoms in total. The van der Waals surface area contributed by atoms with Gasteiger partial charge in [-0.05, 0) is 30.2 Å². The van der Waals surface area contributed by atoms with Crippen LogP contribution in [-0.2, 0) is 0 Å². The Bertz CT molecular complexity index is 248. The van der Waals surface area contributed by atoms with Crippen LogP contribution < -0.4 is 0 Å². The van der Waals surface area contributed by atoms with Gasteiger partial charge in [-0.25, -0.2) is 0 Å². The standard InChI is InChI=1S/C10H11Br2/c1-7-3-9(8(2)6-11)5-10(12)4-7/h3-5H,6H2,1-2H3. The highest BCUT2D eigenvalue weighted by atomic mass is 79.9. The van der Waals surface area contributed by atoms with E-state index in [1.165, 1.54) is 17.0 Å². The van der Waals surface area contributed by atoms with Crippen LogP contribution in [0.5, 0.6) is 0 Å². The van der Waals surface area contributed by atoms with Crippen LogP contribution in [0.3, 0.4) is 0 Å². The molecule has 0 unspecified atom stereocenters. The summed E-state index contributed by atoms with van der Waals surface area (Å²) in [6.07, 6.45) is 0. The first-order chi connectivity index (χ1) is 5.63. The highest BCUT2D eigenvalue weighted by Gasteiger charge is 2.04. The van der Waals surface area contributed by atoms with Gasteiger partial charge in [0.05, 0.1) is 0 Å². The summed E-state index contributed by atoms with van der Waals surface area (Å²) in [6, 6.07) is 6.45. The maximum absolute atomic E-state index is 3.48. The molecule has 0 atom stereocenters. The number of hydrogen-bond donors (Lipinski definition) is 0. The molecule has 1 aromatic carbocycles. The van der Waals surface area contributed by atoms with Crippen LogP contribution in [0, 0.1) is 12.8 Å². The molecule has 0 spiro atoms.